The van der Waals surface area contributed by atoms with Gasteiger partial charge >= 0.3 is 0 Å². The van der Waals surface area contributed by atoms with Crippen LogP contribution < -0.4 is 9.80 Å². The third-order valence-electron chi connectivity index (χ3n) is 3.97. The van der Waals surface area contributed by atoms with Crippen LogP contribution in [0.3, 0.4) is 0 Å². The second-order valence-corrected chi connectivity index (χ2v) is 5.69. The molecular weight excluding hydrogens is 312 g/mol. The molecule has 0 N–H and O–H groups in total. The highest BCUT2D eigenvalue weighted by Crippen LogP contribution is 2.26. The Balaban J connectivity index is 1.59. The normalized spacial score (nSPS) is 15.2. The van der Waals surface area contributed by atoms with E-state index >= 15 is 0 Å². The zero-order valence-electron chi connectivity index (χ0n) is 12.4. The first-order valence-electron chi connectivity index (χ1n) is 7.50. The van der Waals surface area contributed by atoms with Gasteiger partial charge in [0.1, 0.15) is 5.82 Å². The van der Waals surface area contributed by atoms with Crippen molar-refractivity contribution in [1.82, 2.24) is 19.9 Å². The van der Waals surface area contributed by atoms with E-state index in [9.17, 15) is 0 Å². The quantitative estimate of drug-likeness (QED) is 0.674. The summed E-state index contributed by atoms with van der Waals surface area (Å²) in [5, 5.41) is 1.31. The molecule has 23 heavy (non-hydrogen) atoms. The molecule has 1 saturated heterocycles. The van der Waals surface area contributed by atoms with E-state index in [0.29, 0.717) is 0 Å². The van der Waals surface area contributed by atoms with Gasteiger partial charge in [-0.15, -0.1) is 0 Å². The lowest BCUT2D eigenvalue weighted by Crippen LogP contribution is -2.47. The lowest BCUT2D eigenvalue weighted by Gasteiger charge is -2.35. The van der Waals surface area contributed by atoms with Gasteiger partial charge in [0.05, 0.1) is 5.52 Å². The van der Waals surface area contributed by atoms with Crippen LogP contribution in [-0.4, -0.2) is 46.1 Å². The molecule has 1 fully saturated rings. The third-order valence-corrected chi connectivity index (χ3v) is 4.14. The van der Waals surface area contributed by atoms with Gasteiger partial charge in [0.25, 0.3) is 0 Å². The molecule has 2 aromatic heterocycles. The minimum Gasteiger partial charge on any atom is -0.352 e. The number of nitrogens with zero attached hydrogens (tertiary/aromatic N) is 6. The smallest absolute Gasteiger partial charge is 0.225 e. The van der Waals surface area contributed by atoms with Gasteiger partial charge in [-0.25, -0.2) is 15.0 Å². The summed E-state index contributed by atoms with van der Waals surface area (Å²) in [6, 6.07) is 9.78. The van der Waals surface area contributed by atoms with E-state index in [1.165, 1.54) is 0 Å². The summed E-state index contributed by atoms with van der Waals surface area (Å²) in [5.41, 5.74) is 0.872. The molecule has 4 rings (SSSR count). The highest BCUT2D eigenvalue weighted by atomic mass is 35.5. The Hall–Kier alpha value is -2.47. The van der Waals surface area contributed by atoms with Gasteiger partial charge in [-0.2, -0.15) is 4.98 Å². The third kappa shape index (κ3) is 2.77. The molecule has 7 heteroatoms. The first-order chi connectivity index (χ1) is 11.3. The van der Waals surface area contributed by atoms with Crippen molar-refractivity contribution in [2.45, 2.75) is 0 Å². The maximum Gasteiger partial charge on any atom is 0.225 e. The maximum absolute atomic E-state index is 6.09. The molecule has 0 unspecified atom stereocenters. The van der Waals surface area contributed by atoms with Crippen LogP contribution in [0.1, 0.15) is 0 Å². The fraction of sp³-hybridized carbons (Fsp3) is 0.250. The molecule has 0 radical (unpaired) electrons. The van der Waals surface area contributed by atoms with E-state index < -0.39 is 0 Å². The average Bonchev–Trinajstić information content (AvgIpc) is 2.62. The first kappa shape index (κ1) is 14.1. The van der Waals surface area contributed by atoms with Crippen molar-refractivity contribution in [3.63, 3.8) is 0 Å². The summed E-state index contributed by atoms with van der Waals surface area (Å²) >= 11 is 6.09. The topological polar surface area (TPSA) is 58.0 Å². The molecule has 1 aromatic carbocycles. The zero-order chi connectivity index (χ0) is 15.6. The van der Waals surface area contributed by atoms with Crippen LogP contribution in [-0.2, 0) is 0 Å². The second-order valence-electron chi connectivity index (χ2n) is 5.36. The van der Waals surface area contributed by atoms with Gasteiger partial charge in [0.2, 0.25) is 11.2 Å². The van der Waals surface area contributed by atoms with Crippen molar-refractivity contribution in [2.24, 2.45) is 0 Å². The zero-order valence-corrected chi connectivity index (χ0v) is 13.2. The second kappa shape index (κ2) is 5.96. The minimum atomic E-state index is 0.285. The monoisotopic (exact) mass is 326 g/mol. The molecule has 0 spiro atoms. The molecule has 6 nitrogen and oxygen atoms in total. The number of halogens is 1. The highest BCUT2D eigenvalue weighted by molar-refractivity contribution is 6.28. The van der Waals surface area contributed by atoms with Crippen LogP contribution in [0.15, 0.2) is 42.7 Å². The van der Waals surface area contributed by atoms with Crippen molar-refractivity contribution in [3.8, 4) is 0 Å². The molecule has 0 atom stereocenters. The average molecular weight is 327 g/mol. The van der Waals surface area contributed by atoms with Gasteiger partial charge < -0.3 is 9.80 Å². The van der Waals surface area contributed by atoms with Crippen molar-refractivity contribution in [3.05, 3.63) is 48.0 Å². The Morgan fingerprint density at radius 1 is 0.826 bits per heavy atom. The fourth-order valence-corrected chi connectivity index (χ4v) is 3.02. The Labute approximate surface area is 138 Å². The molecule has 1 aliphatic rings. The van der Waals surface area contributed by atoms with Crippen LogP contribution in [0.5, 0.6) is 0 Å². The molecule has 0 saturated carbocycles. The van der Waals surface area contributed by atoms with Crippen LogP contribution in [0.25, 0.3) is 10.9 Å². The van der Waals surface area contributed by atoms with Crippen LogP contribution in [0, 0.1) is 0 Å². The number of hydrogen-bond donors (Lipinski definition) is 0. The molecule has 0 aliphatic carbocycles. The van der Waals surface area contributed by atoms with Crippen LogP contribution in [0.2, 0.25) is 5.28 Å². The van der Waals surface area contributed by atoms with E-state index in [1.54, 1.807) is 12.4 Å². The maximum atomic E-state index is 6.09. The molecular formula is C16H15ClN6. The van der Waals surface area contributed by atoms with Gasteiger partial charge in [-0.1, -0.05) is 12.1 Å². The molecule has 3 heterocycles. The van der Waals surface area contributed by atoms with E-state index in [4.69, 9.17) is 11.6 Å². The van der Waals surface area contributed by atoms with Gasteiger partial charge in [0.15, 0.2) is 0 Å². The van der Waals surface area contributed by atoms with Crippen LogP contribution >= 0.6 is 11.6 Å². The summed E-state index contributed by atoms with van der Waals surface area (Å²) in [7, 11) is 0. The predicted molar refractivity (Wildman–Crippen MR) is 91.0 cm³/mol. The predicted octanol–water partition coefficient (Wildman–Crippen LogP) is 2.40. The minimum absolute atomic E-state index is 0.285. The lowest BCUT2D eigenvalue weighted by molar-refractivity contribution is 0.636. The van der Waals surface area contributed by atoms with Crippen molar-refractivity contribution in [2.75, 3.05) is 36.0 Å². The molecule has 0 amide bonds. The Bertz CT molecular complexity index is 817. The number of para-hydroxylation sites is 1. The summed E-state index contributed by atoms with van der Waals surface area (Å²) in [6.07, 6.45) is 3.54. The first-order valence-corrected chi connectivity index (χ1v) is 7.88. The fourth-order valence-electron chi connectivity index (χ4n) is 2.85. The van der Waals surface area contributed by atoms with E-state index in [-0.39, 0.29) is 5.28 Å². The Kier molecular flexibility index (Phi) is 3.67. The number of piperazine rings is 1. The molecule has 116 valence electrons. The van der Waals surface area contributed by atoms with Crippen LogP contribution in [0.4, 0.5) is 11.8 Å². The van der Waals surface area contributed by atoms with Crippen molar-refractivity contribution < 1.29 is 0 Å². The van der Waals surface area contributed by atoms with Gasteiger partial charge in [-0.3, -0.25) is 0 Å². The van der Waals surface area contributed by atoms with Gasteiger partial charge in [0, 0.05) is 44.0 Å². The van der Waals surface area contributed by atoms with E-state index in [2.05, 4.69) is 29.7 Å². The number of aromatic nitrogens is 4. The number of hydrogen-bond acceptors (Lipinski definition) is 6. The van der Waals surface area contributed by atoms with E-state index in [1.807, 2.05) is 30.3 Å². The number of rotatable bonds is 2. The largest absolute Gasteiger partial charge is 0.352 e. The number of benzene rings is 1. The summed E-state index contributed by atoms with van der Waals surface area (Å²) < 4.78 is 0. The highest BCUT2D eigenvalue weighted by Gasteiger charge is 2.21. The molecule has 1 aliphatic heterocycles. The van der Waals surface area contributed by atoms with Gasteiger partial charge in [-0.05, 0) is 29.8 Å². The molecule has 0 bridgehead atoms. The number of anilines is 2. The Morgan fingerprint density at radius 2 is 1.52 bits per heavy atom. The summed E-state index contributed by atoms with van der Waals surface area (Å²) in [4.78, 5) is 21.8. The molecule has 3 aromatic rings. The SMILES string of the molecule is Clc1nc(N2CCN(c3ncccn3)CC2)c2ccccc2n1. The summed E-state index contributed by atoms with van der Waals surface area (Å²) in [5.74, 6) is 1.67. The standard InChI is InChI=1S/C16H15ClN6/c17-15-20-13-5-2-1-4-12(13)14(21-15)22-8-10-23(11-9-22)16-18-6-3-7-19-16/h1-7H,8-11H2. The van der Waals surface area contributed by atoms with E-state index in [0.717, 1.165) is 48.8 Å². The number of fused-ring (bicyclic) bond motifs is 1. The Morgan fingerprint density at radius 3 is 2.30 bits per heavy atom. The lowest BCUT2D eigenvalue weighted by atomic mass is 10.2. The van der Waals surface area contributed by atoms with Crippen molar-refractivity contribution in [1.29, 1.82) is 0 Å². The summed E-state index contributed by atoms with van der Waals surface area (Å²) in [6.45, 7) is 3.38. The van der Waals surface area contributed by atoms with Crippen molar-refractivity contribution >= 4 is 34.3 Å².